The Bertz CT molecular complexity index is 422. The minimum absolute atomic E-state index is 0.0434. The zero-order valence-electron chi connectivity index (χ0n) is 8.37. The molecule has 1 N–H and O–H groups in total. The van der Waals surface area contributed by atoms with Crippen LogP contribution in [-0.4, -0.2) is 28.0 Å². The molecule has 0 atom stereocenters. The van der Waals surface area contributed by atoms with Crippen molar-refractivity contribution in [3.8, 4) is 0 Å². The predicted molar refractivity (Wildman–Crippen MR) is 63.2 cm³/mol. The number of carbonyl (C=O) groups is 1. The van der Waals surface area contributed by atoms with Crippen LogP contribution in [0.15, 0.2) is 28.0 Å². The van der Waals surface area contributed by atoms with Gasteiger partial charge in [-0.1, -0.05) is 0 Å². The smallest absolute Gasteiger partial charge is 0.313 e. The van der Waals surface area contributed by atoms with Crippen LogP contribution in [0.3, 0.4) is 0 Å². The summed E-state index contributed by atoms with van der Waals surface area (Å²) in [5.74, 6) is -1.17. The third kappa shape index (κ3) is 3.42. The summed E-state index contributed by atoms with van der Waals surface area (Å²) < 4.78 is 0. The summed E-state index contributed by atoms with van der Waals surface area (Å²) in [5, 5.41) is 19.3. The normalized spacial score (nSPS) is 10.1. The van der Waals surface area contributed by atoms with Crippen LogP contribution in [0, 0.1) is 10.1 Å². The first-order chi connectivity index (χ1) is 7.54. The molecule has 1 aromatic carbocycles. The molecule has 0 bridgehead atoms. The second-order valence-electron chi connectivity index (χ2n) is 2.77. The van der Waals surface area contributed by atoms with Gasteiger partial charge in [0, 0.05) is 11.0 Å². The number of hydrogen-bond donors (Lipinski definition) is 1. The molecule has 0 aliphatic carbocycles. The molecule has 0 amide bonds. The number of hydrogen-bond acceptors (Lipinski definition) is 5. The summed E-state index contributed by atoms with van der Waals surface area (Å²) in [4.78, 5) is 21.8. The van der Waals surface area contributed by atoms with Crippen molar-refractivity contribution in [1.82, 2.24) is 0 Å². The first kappa shape index (κ1) is 12.9. The van der Waals surface area contributed by atoms with Gasteiger partial charge in [-0.2, -0.15) is 0 Å². The third-order valence-corrected chi connectivity index (χ3v) is 3.49. The molecule has 1 aromatic rings. The van der Waals surface area contributed by atoms with Crippen LogP contribution >= 0.6 is 23.5 Å². The van der Waals surface area contributed by atoms with Crippen LogP contribution in [0.1, 0.15) is 0 Å². The van der Waals surface area contributed by atoms with E-state index in [0.29, 0.717) is 4.90 Å². The van der Waals surface area contributed by atoms with E-state index in [2.05, 4.69) is 0 Å². The molecular weight excluding hydrogens is 250 g/mol. The number of aliphatic carboxylic acids is 1. The van der Waals surface area contributed by atoms with Gasteiger partial charge < -0.3 is 5.11 Å². The summed E-state index contributed by atoms with van der Waals surface area (Å²) in [5.41, 5.74) is -0.0434. The van der Waals surface area contributed by atoms with E-state index >= 15 is 0 Å². The lowest BCUT2D eigenvalue weighted by Gasteiger charge is -2.02. The quantitative estimate of drug-likeness (QED) is 0.497. The Labute approximate surface area is 100 Å². The van der Waals surface area contributed by atoms with Crippen LogP contribution in [0.4, 0.5) is 5.69 Å². The van der Waals surface area contributed by atoms with E-state index in [0.717, 1.165) is 16.7 Å². The number of rotatable bonds is 5. The van der Waals surface area contributed by atoms with Gasteiger partial charge in [0.2, 0.25) is 0 Å². The lowest BCUT2D eigenvalue weighted by Crippen LogP contribution is -1.99. The summed E-state index contributed by atoms with van der Waals surface area (Å²) in [6.07, 6.45) is 1.82. The number of thioether (sulfide) groups is 2. The zero-order valence-corrected chi connectivity index (χ0v) is 10.0. The van der Waals surface area contributed by atoms with E-state index in [1.54, 1.807) is 12.1 Å². The highest BCUT2D eigenvalue weighted by atomic mass is 32.2. The summed E-state index contributed by atoms with van der Waals surface area (Å²) in [6.45, 7) is 0. The lowest BCUT2D eigenvalue weighted by atomic mass is 10.3. The van der Waals surface area contributed by atoms with E-state index in [-0.39, 0.29) is 11.4 Å². The van der Waals surface area contributed by atoms with Gasteiger partial charge in [0.05, 0.1) is 15.6 Å². The molecule has 5 nitrogen and oxygen atoms in total. The second kappa shape index (κ2) is 5.76. The fourth-order valence-corrected chi connectivity index (χ4v) is 2.19. The van der Waals surface area contributed by atoms with Crippen molar-refractivity contribution < 1.29 is 14.8 Å². The van der Waals surface area contributed by atoms with Gasteiger partial charge in [0.25, 0.3) is 5.69 Å². The van der Waals surface area contributed by atoms with Crippen molar-refractivity contribution in [2.45, 2.75) is 9.79 Å². The van der Waals surface area contributed by atoms with Crippen LogP contribution in [0.2, 0.25) is 0 Å². The van der Waals surface area contributed by atoms with Gasteiger partial charge in [-0.25, -0.2) is 0 Å². The minimum Gasteiger partial charge on any atom is -0.481 e. The molecule has 0 saturated heterocycles. The zero-order chi connectivity index (χ0) is 12.1. The standard InChI is InChI=1S/C9H9NO4S2/c1-15-6-2-3-8(16-5-9(11)12)7(4-6)10(13)14/h2-4H,5H2,1H3,(H,11,12). The summed E-state index contributed by atoms with van der Waals surface area (Å²) in [7, 11) is 0. The van der Waals surface area contributed by atoms with Gasteiger partial charge >= 0.3 is 5.97 Å². The maximum Gasteiger partial charge on any atom is 0.313 e. The van der Waals surface area contributed by atoms with Crippen LogP contribution in [0.25, 0.3) is 0 Å². The Hall–Kier alpha value is -1.21. The number of carboxylic acids is 1. The summed E-state index contributed by atoms with van der Waals surface area (Å²) >= 11 is 2.36. The number of nitrogens with zero attached hydrogens (tertiary/aromatic N) is 1. The first-order valence-electron chi connectivity index (χ1n) is 4.21. The Morgan fingerprint density at radius 3 is 2.75 bits per heavy atom. The molecule has 86 valence electrons. The van der Waals surface area contributed by atoms with Crippen molar-refractivity contribution in [2.75, 3.05) is 12.0 Å². The topological polar surface area (TPSA) is 80.4 Å². The number of nitro benzene ring substituents is 1. The Kier molecular flexibility index (Phi) is 4.63. The average Bonchev–Trinajstić information content (AvgIpc) is 2.25. The number of benzene rings is 1. The van der Waals surface area contributed by atoms with E-state index in [9.17, 15) is 14.9 Å². The maximum absolute atomic E-state index is 10.8. The van der Waals surface area contributed by atoms with Crippen LogP contribution in [-0.2, 0) is 4.79 Å². The monoisotopic (exact) mass is 259 g/mol. The van der Waals surface area contributed by atoms with Crippen molar-refractivity contribution in [3.63, 3.8) is 0 Å². The van der Waals surface area contributed by atoms with Gasteiger partial charge in [0.15, 0.2) is 0 Å². The molecule has 0 aliphatic rings. The molecule has 0 aliphatic heterocycles. The lowest BCUT2D eigenvalue weighted by molar-refractivity contribution is -0.387. The van der Waals surface area contributed by atoms with Gasteiger partial charge in [-0.15, -0.1) is 23.5 Å². The van der Waals surface area contributed by atoms with Crippen LogP contribution in [0.5, 0.6) is 0 Å². The molecule has 1 rings (SSSR count). The van der Waals surface area contributed by atoms with E-state index < -0.39 is 10.9 Å². The van der Waals surface area contributed by atoms with Crippen molar-refractivity contribution in [3.05, 3.63) is 28.3 Å². The van der Waals surface area contributed by atoms with E-state index in [1.165, 1.54) is 17.8 Å². The predicted octanol–water partition coefficient (Wildman–Crippen LogP) is 2.49. The van der Waals surface area contributed by atoms with Crippen molar-refractivity contribution >= 4 is 35.2 Å². The fourth-order valence-electron chi connectivity index (χ4n) is 1.03. The Balaban J connectivity index is 2.98. The van der Waals surface area contributed by atoms with Crippen molar-refractivity contribution in [1.29, 1.82) is 0 Å². The van der Waals surface area contributed by atoms with Gasteiger partial charge in [-0.3, -0.25) is 14.9 Å². The Morgan fingerprint density at radius 1 is 1.56 bits per heavy atom. The molecular formula is C9H9NO4S2. The summed E-state index contributed by atoms with van der Waals surface area (Å²) in [6, 6.07) is 4.77. The largest absolute Gasteiger partial charge is 0.481 e. The molecule has 0 fully saturated rings. The highest BCUT2D eigenvalue weighted by Gasteiger charge is 2.15. The molecule has 0 radical (unpaired) electrons. The van der Waals surface area contributed by atoms with Crippen LogP contribution < -0.4 is 0 Å². The molecule has 0 saturated carbocycles. The fraction of sp³-hybridized carbons (Fsp3) is 0.222. The third-order valence-electron chi connectivity index (χ3n) is 1.71. The van der Waals surface area contributed by atoms with Gasteiger partial charge in [0.1, 0.15) is 0 Å². The Morgan fingerprint density at radius 2 is 2.25 bits per heavy atom. The molecule has 16 heavy (non-hydrogen) atoms. The first-order valence-corrected chi connectivity index (χ1v) is 6.42. The molecule has 0 spiro atoms. The second-order valence-corrected chi connectivity index (χ2v) is 4.67. The van der Waals surface area contributed by atoms with E-state index in [1.807, 2.05) is 6.26 Å². The minimum atomic E-state index is -0.992. The van der Waals surface area contributed by atoms with Crippen molar-refractivity contribution in [2.24, 2.45) is 0 Å². The van der Waals surface area contributed by atoms with E-state index in [4.69, 9.17) is 5.11 Å². The molecule has 0 aromatic heterocycles. The van der Waals surface area contributed by atoms with Gasteiger partial charge in [-0.05, 0) is 18.4 Å². The molecule has 7 heteroatoms. The molecule has 0 unspecified atom stereocenters. The average molecular weight is 259 g/mol. The molecule has 0 heterocycles. The maximum atomic E-state index is 10.8. The highest BCUT2D eigenvalue weighted by Crippen LogP contribution is 2.32. The highest BCUT2D eigenvalue weighted by molar-refractivity contribution is 8.00. The number of nitro groups is 1. The SMILES string of the molecule is CSc1ccc(SCC(=O)O)c([N+](=O)[O-])c1. The number of carboxylic acid groups (broad SMARTS) is 1.